The van der Waals surface area contributed by atoms with Crippen molar-refractivity contribution in [2.45, 2.75) is 24.1 Å². The topological polar surface area (TPSA) is 83.5 Å². The molecule has 96 valence electrons. The van der Waals surface area contributed by atoms with Crippen molar-refractivity contribution in [3.8, 4) is 0 Å². The van der Waals surface area contributed by atoms with Crippen molar-refractivity contribution in [1.82, 2.24) is 4.72 Å². The van der Waals surface area contributed by atoms with Gasteiger partial charge in [-0.05, 0) is 17.4 Å². The highest BCUT2D eigenvalue weighted by molar-refractivity contribution is 7.91. The number of carbonyl (C=O) groups is 1. The van der Waals surface area contributed by atoms with Gasteiger partial charge in [0.05, 0.1) is 5.02 Å². The number of rotatable bonds is 5. The number of carboxylic acids is 1. The number of carboxylic acid groups (broad SMARTS) is 1. The van der Waals surface area contributed by atoms with E-state index in [1.807, 2.05) is 0 Å². The summed E-state index contributed by atoms with van der Waals surface area (Å²) in [7, 11) is -3.88. The van der Waals surface area contributed by atoms with Crippen molar-refractivity contribution in [3.05, 3.63) is 16.5 Å². The van der Waals surface area contributed by atoms with E-state index in [0.717, 1.165) is 11.3 Å². The molecule has 17 heavy (non-hydrogen) atoms. The highest BCUT2D eigenvalue weighted by atomic mass is 35.5. The fraction of sp³-hybridized carbons (Fsp3) is 0.444. The van der Waals surface area contributed by atoms with E-state index < -0.39 is 22.0 Å². The predicted octanol–water partition coefficient (Wildman–Crippen LogP) is 1.79. The van der Waals surface area contributed by atoms with Crippen LogP contribution in [-0.4, -0.2) is 25.5 Å². The third-order valence-corrected chi connectivity index (χ3v) is 5.51. The number of thiophene rings is 1. The van der Waals surface area contributed by atoms with Crippen LogP contribution < -0.4 is 4.72 Å². The minimum absolute atomic E-state index is 0.0638. The Bertz CT molecular complexity index is 509. The van der Waals surface area contributed by atoms with E-state index in [0.29, 0.717) is 0 Å². The highest BCUT2D eigenvalue weighted by Crippen LogP contribution is 2.27. The molecule has 0 spiro atoms. The molecular weight excluding hydrogens is 286 g/mol. The fourth-order valence-corrected chi connectivity index (χ4v) is 4.21. The maximum Gasteiger partial charge on any atom is 0.322 e. The Morgan fingerprint density at radius 2 is 2.12 bits per heavy atom. The van der Waals surface area contributed by atoms with Gasteiger partial charge in [0, 0.05) is 0 Å². The average molecular weight is 298 g/mol. The zero-order valence-corrected chi connectivity index (χ0v) is 11.6. The van der Waals surface area contributed by atoms with Gasteiger partial charge in [-0.25, -0.2) is 8.42 Å². The van der Waals surface area contributed by atoms with E-state index in [2.05, 4.69) is 4.72 Å². The Morgan fingerprint density at radius 1 is 1.53 bits per heavy atom. The van der Waals surface area contributed by atoms with Crippen LogP contribution in [0.5, 0.6) is 0 Å². The van der Waals surface area contributed by atoms with Crippen molar-refractivity contribution >= 4 is 38.9 Å². The van der Waals surface area contributed by atoms with Crippen LogP contribution in [0.4, 0.5) is 0 Å². The summed E-state index contributed by atoms with van der Waals surface area (Å²) in [6, 6.07) is 0.282. The maximum absolute atomic E-state index is 11.9. The zero-order valence-electron chi connectivity index (χ0n) is 9.18. The highest BCUT2D eigenvalue weighted by Gasteiger charge is 2.29. The molecule has 2 N–H and O–H groups in total. The molecule has 0 aliphatic carbocycles. The van der Waals surface area contributed by atoms with E-state index >= 15 is 0 Å². The van der Waals surface area contributed by atoms with Crippen LogP contribution in [0.2, 0.25) is 5.02 Å². The molecule has 1 rings (SSSR count). The van der Waals surface area contributed by atoms with Crippen LogP contribution in [0, 0.1) is 5.92 Å². The number of hydrogen-bond donors (Lipinski definition) is 2. The van der Waals surface area contributed by atoms with Gasteiger partial charge in [-0.15, -0.1) is 11.3 Å². The number of sulfonamides is 1. The van der Waals surface area contributed by atoms with Crippen molar-refractivity contribution in [3.63, 3.8) is 0 Å². The summed E-state index contributed by atoms with van der Waals surface area (Å²) in [5.74, 6) is -1.57. The SMILES string of the molecule is CC(C)[C@H](NS(=O)(=O)c1sccc1Cl)C(=O)O. The quantitative estimate of drug-likeness (QED) is 0.868. The maximum atomic E-state index is 11.9. The number of halogens is 1. The first-order valence-corrected chi connectivity index (χ1v) is 7.48. The van der Waals surface area contributed by atoms with E-state index in [4.69, 9.17) is 16.7 Å². The molecule has 0 amide bonds. The van der Waals surface area contributed by atoms with Gasteiger partial charge in [0.15, 0.2) is 4.21 Å². The summed E-state index contributed by atoms with van der Waals surface area (Å²) in [4.78, 5) is 10.9. The van der Waals surface area contributed by atoms with Gasteiger partial charge in [-0.2, -0.15) is 4.72 Å². The molecule has 0 aliphatic rings. The Morgan fingerprint density at radius 3 is 2.47 bits per heavy atom. The molecule has 5 nitrogen and oxygen atoms in total. The van der Waals surface area contributed by atoms with Crippen LogP contribution in [0.1, 0.15) is 13.8 Å². The second-order valence-electron chi connectivity index (χ2n) is 3.74. The van der Waals surface area contributed by atoms with Gasteiger partial charge in [0.25, 0.3) is 10.0 Å². The molecule has 0 fully saturated rings. The summed E-state index contributed by atoms with van der Waals surface area (Å²) >= 11 is 6.66. The molecule has 1 aromatic heterocycles. The largest absolute Gasteiger partial charge is 0.480 e. The first kappa shape index (κ1) is 14.4. The standard InChI is InChI=1S/C9H12ClNO4S2/c1-5(2)7(8(12)13)11-17(14,15)9-6(10)3-4-16-9/h3-5,7,11H,1-2H3,(H,12,13)/t7-/m0/s1. The van der Waals surface area contributed by atoms with Gasteiger partial charge < -0.3 is 5.11 Å². The van der Waals surface area contributed by atoms with E-state index in [1.165, 1.54) is 11.4 Å². The molecule has 0 bridgehead atoms. The third-order valence-electron chi connectivity index (χ3n) is 2.04. The molecule has 0 saturated carbocycles. The number of nitrogens with one attached hydrogen (secondary N) is 1. The minimum atomic E-state index is -3.88. The van der Waals surface area contributed by atoms with Gasteiger partial charge in [0.2, 0.25) is 0 Å². The lowest BCUT2D eigenvalue weighted by molar-refractivity contribution is -0.140. The van der Waals surface area contributed by atoms with Crippen LogP contribution in [0.25, 0.3) is 0 Å². The zero-order chi connectivity index (χ0) is 13.2. The normalized spacial score (nSPS) is 13.9. The Hall–Kier alpha value is -0.630. The number of hydrogen-bond acceptors (Lipinski definition) is 4. The molecule has 0 unspecified atom stereocenters. The van der Waals surface area contributed by atoms with Gasteiger partial charge in [0.1, 0.15) is 6.04 Å². The summed E-state index contributed by atoms with van der Waals surface area (Å²) in [5.41, 5.74) is 0. The third kappa shape index (κ3) is 3.41. The van der Waals surface area contributed by atoms with Gasteiger partial charge >= 0.3 is 5.97 Å². The van der Waals surface area contributed by atoms with Crippen molar-refractivity contribution in [2.75, 3.05) is 0 Å². The first-order chi connectivity index (χ1) is 7.75. The molecule has 8 heteroatoms. The molecule has 1 atom stereocenters. The fourth-order valence-electron chi connectivity index (χ4n) is 1.16. The summed E-state index contributed by atoms with van der Waals surface area (Å²) < 4.78 is 25.8. The van der Waals surface area contributed by atoms with Crippen LogP contribution >= 0.6 is 22.9 Å². The smallest absolute Gasteiger partial charge is 0.322 e. The van der Waals surface area contributed by atoms with E-state index in [-0.39, 0.29) is 15.1 Å². The summed E-state index contributed by atoms with van der Waals surface area (Å²) in [6.07, 6.45) is 0. The lowest BCUT2D eigenvalue weighted by Gasteiger charge is -2.17. The molecular formula is C9H12ClNO4S2. The lowest BCUT2D eigenvalue weighted by Crippen LogP contribution is -2.44. The second kappa shape index (κ2) is 5.34. The van der Waals surface area contributed by atoms with E-state index in [1.54, 1.807) is 13.8 Å². The predicted molar refractivity (Wildman–Crippen MR) is 65.9 cm³/mol. The van der Waals surface area contributed by atoms with Crippen LogP contribution in [0.3, 0.4) is 0 Å². The molecule has 0 radical (unpaired) electrons. The van der Waals surface area contributed by atoms with Crippen LogP contribution in [0.15, 0.2) is 15.7 Å². The van der Waals surface area contributed by atoms with Crippen molar-refractivity contribution < 1.29 is 18.3 Å². The molecule has 0 aliphatic heterocycles. The van der Waals surface area contributed by atoms with Gasteiger partial charge in [-0.1, -0.05) is 25.4 Å². The van der Waals surface area contributed by atoms with Crippen molar-refractivity contribution in [1.29, 1.82) is 0 Å². The summed E-state index contributed by atoms with van der Waals surface area (Å²) in [5, 5.41) is 10.5. The van der Waals surface area contributed by atoms with Crippen LogP contribution in [-0.2, 0) is 14.8 Å². The second-order valence-corrected chi connectivity index (χ2v) is 6.97. The lowest BCUT2D eigenvalue weighted by atomic mass is 10.1. The molecule has 0 aromatic carbocycles. The van der Waals surface area contributed by atoms with Gasteiger partial charge in [-0.3, -0.25) is 4.79 Å². The average Bonchev–Trinajstić information content (AvgIpc) is 2.60. The monoisotopic (exact) mass is 297 g/mol. The first-order valence-electron chi connectivity index (χ1n) is 4.74. The number of aliphatic carboxylic acids is 1. The Kier molecular flexibility index (Phi) is 4.54. The molecule has 0 saturated heterocycles. The van der Waals surface area contributed by atoms with Crippen molar-refractivity contribution in [2.24, 2.45) is 5.92 Å². The Balaban J connectivity index is 3.01. The molecule has 1 heterocycles. The summed E-state index contributed by atoms with van der Waals surface area (Å²) in [6.45, 7) is 3.24. The minimum Gasteiger partial charge on any atom is -0.480 e. The molecule has 1 aromatic rings. The Labute approximate surface area is 108 Å². The van der Waals surface area contributed by atoms with E-state index in [9.17, 15) is 13.2 Å².